The summed E-state index contributed by atoms with van der Waals surface area (Å²) in [6.45, 7) is 4.24. The van der Waals surface area contributed by atoms with Crippen molar-refractivity contribution in [2.24, 2.45) is 0 Å². The van der Waals surface area contributed by atoms with Crippen molar-refractivity contribution in [2.75, 3.05) is 39.8 Å². The lowest BCUT2D eigenvalue weighted by molar-refractivity contribution is 0.0748. The molecule has 3 nitrogen and oxygen atoms in total. The van der Waals surface area contributed by atoms with Crippen LogP contribution in [0.4, 0.5) is 0 Å². The Kier molecular flexibility index (Phi) is 4.40. The molecule has 0 bridgehead atoms. The maximum absolute atomic E-state index is 9.59. The van der Waals surface area contributed by atoms with Crippen molar-refractivity contribution >= 4 is 11.6 Å². The highest BCUT2D eigenvalue weighted by atomic mass is 35.5. The number of aliphatic hydroxyl groups is 1. The highest BCUT2D eigenvalue weighted by molar-refractivity contribution is 6.30. The third-order valence-electron chi connectivity index (χ3n) is 3.39. The fraction of sp³-hybridized carbons (Fsp3) is 0.538. The summed E-state index contributed by atoms with van der Waals surface area (Å²) < 4.78 is 0. The van der Waals surface area contributed by atoms with Crippen LogP contribution in [0.5, 0.6) is 0 Å². The molecule has 1 heterocycles. The smallest absolute Gasteiger partial charge is 0.0628 e. The lowest BCUT2D eigenvalue weighted by Crippen LogP contribution is -2.46. The SMILES string of the molecule is CN1CCN(C(CO)c2cccc(Cl)c2)CC1. The van der Waals surface area contributed by atoms with Crippen LogP contribution in [0.15, 0.2) is 24.3 Å². The van der Waals surface area contributed by atoms with Gasteiger partial charge in [-0.05, 0) is 24.7 Å². The molecule has 17 heavy (non-hydrogen) atoms. The molecule has 0 aliphatic carbocycles. The van der Waals surface area contributed by atoms with Crippen molar-refractivity contribution in [1.82, 2.24) is 9.80 Å². The second kappa shape index (κ2) is 5.83. The molecule has 1 aliphatic heterocycles. The first-order chi connectivity index (χ1) is 8.20. The van der Waals surface area contributed by atoms with Crippen molar-refractivity contribution < 1.29 is 5.11 Å². The fourth-order valence-corrected chi connectivity index (χ4v) is 2.48. The first-order valence-corrected chi connectivity index (χ1v) is 6.37. The van der Waals surface area contributed by atoms with Gasteiger partial charge in [-0.1, -0.05) is 23.7 Å². The molecule has 2 rings (SSSR count). The van der Waals surface area contributed by atoms with Gasteiger partial charge in [0.1, 0.15) is 0 Å². The Morgan fingerprint density at radius 1 is 1.29 bits per heavy atom. The molecule has 1 saturated heterocycles. The Labute approximate surface area is 108 Å². The Bertz CT molecular complexity index is 364. The number of rotatable bonds is 3. The summed E-state index contributed by atoms with van der Waals surface area (Å²) in [6, 6.07) is 7.86. The predicted molar refractivity (Wildman–Crippen MR) is 70.3 cm³/mol. The average molecular weight is 255 g/mol. The van der Waals surface area contributed by atoms with Gasteiger partial charge in [0, 0.05) is 31.2 Å². The minimum absolute atomic E-state index is 0.0717. The molecule has 1 fully saturated rings. The molecular formula is C13H19ClN2O. The van der Waals surface area contributed by atoms with E-state index in [4.69, 9.17) is 11.6 Å². The zero-order valence-corrected chi connectivity index (χ0v) is 10.9. The summed E-state index contributed by atoms with van der Waals surface area (Å²) in [7, 11) is 2.13. The zero-order chi connectivity index (χ0) is 12.3. The monoisotopic (exact) mass is 254 g/mol. The highest BCUT2D eigenvalue weighted by Gasteiger charge is 2.23. The first-order valence-electron chi connectivity index (χ1n) is 5.99. The van der Waals surface area contributed by atoms with Crippen molar-refractivity contribution in [1.29, 1.82) is 0 Å². The van der Waals surface area contributed by atoms with Crippen LogP contribution in [-0.2, 0) is 0 Å². The number of halogens is 1. The van der Waals surface area contributed by atoms with Crippen LogP contribution < -0.4 is 0 Å². The number of aliphatic hydroxyl groups excluding tert-OH is 1. The molecule has 1 aromatic rings. The number of hydrogen-bond acceptors (Lipinski definition) is 3. The molecule has 1 aliphatic rings. The first kappa shape index (κ1) is 12.8. The Morgan fingerprint density at radius 3 is 2.59 bits per heavy atom. The Morgan fingerprint density at radius 2 is 2.00 bits per heavy atom. The van der Waals surface area contributed by atoms with Gasteiger partial charge in [-0.2, -0.15) is 0 Å². The Hall–Kier alpha value is -0.610. The van der Waals surface area contributed by atoms with Crippen molar-refractivity contribution in [3.8, 4) is 0 Å². The van der Waals surface area contributed by atoms with Crippen molar-refractivity contribution in [3.05, 3.63) is 34.9 Å². The summed E-state index contributed by atoms with van der Waals surface area (Å²) in [5.74, 6) is 0. The van der Waals surface area contributed by atoms with Crippen LogP contribution >= 0.6 is 11.6 Å². The molecule has 1 N–H and O–H groups in total. The topological polar surface area (TPSA) is 26.7 Å². The number of benzene rings is 1. The second-order valence-corrected chi connectivity index (χ2v) is 5.03. The summed E-state index contributed by atoms with van der Waals surface area (Å²) in [6.07, 6.45) is 0. The van der Waals surface area contributed by atoms with Gasteiger partial charge in [0.25, 0.3) is 0 Å². The van der Waals surface area contributed by atoms with E-state index in [1.54, 1.807) is 0 Å². The maximum atomic E-state index is 9.59. The average Bonchev–Trinajstić information content (AvgIpc) is 2.33. The van der Waals surface area contributed by atoms with Gasteiger partial charge >= 0.3 is 0 Å². The number of nitrogens with zero attached hydrogens (tertiary/aromatic N) is 2. The summed E-state index contributed by atoms with van der Waals surface area (Å²) in [4.78, 5) is 4.63. The van der Waals surface area contributed by atoms with Crippen molar-refractivity contribution in [3.63, 3.8) is 0 Å². The van der Waals surface area contributed by atoms with E-state index in [1.807, 2.05) is 24.3 Å². The minimum Gasteiger partial charge on any atom is -0.394 e. The van der Waals surface area contributed by atoms with Gasteiger partial charge in [-0.3, -0.25) is 4.90 Å². The molecular weight excluding hydrogens is 236 g/mol. The van der Waals surface area contributed by atoms with Gasteiger partial charge < -0.3 is 10.0 Å². The molecule has 0 saturated carbocycles. The number of piperazine rings is 1. The van der Waals surface area contributed by atoms with Crippen LogP contribution in [-0.4, -0.2) is 54.7 Å². The van der Waals surface area contributed by atoms with E-state index in [0.717, 1.165) is 36.8 Å². The molecule has 1 unspecified atom stereocenters. The number of likely N-dealkylation sites (N-methyl/N-ethyl adjacent to an activating group) is 1. The van der Waals surface area contributed by atoms with Gasteiger partial charge in [0.15, 0.2) is 0 Å². The van der Waals surface area contributed by atoms with E-state index < -0.39 is 0 Å². The van der Waals surface area contributed by atoms with Gasteiger partial charge in [0.05, 0.1) is 12.6 Å². The molecule has 0 amide bonds. The van der Waals surface area contributed by atoms with Gasteiger partial charge in [-0.15, -0.1) is 0 Å². The van der Waals surface area contributed by atoms with Crippen LogP contribution in [0.3, 0.4) is 0 Å². The predicted octanol–water partition coefficient (Wildman–Crippen LogP) is 1.62. The highest BCUT2D eigenvalue weighted by Crippen LogP contribution is 2.23. The lowest BCUT2D eigenvalue weighted by Gasteiger charge is -2.37. The number of hydrogen-bond donors (Lipinski definition) is 1. The van der Waals surface area contributed by atoms with Crippen LogP contribution in [0.25, 0.3) is 0 Å². The zero-order valence-electron chi connectivity index (χ0n) is 10.1. The van der Waals surface area contributed by atoms with Gasteiger partial charge in [-0.25, -0.2) is 0 Å². The van der Waals surface area contributed by atoms with E-state index in [-0.39, 0.29) is 12.6 Å². The molecule has 1 atom stereocenters. The Balaban J connectivity index is 2.10. The van der Waals surface area contributed by atoms with Crippen LogP contribution in [0, 0.1) is 0 Å². The third-order valence-corrected chi connectivity index (χ3v) is 3.62. The molecule has 0 spiro atoms. The van der Waals surface area contributed by atoms with E-state index in [0.29, 0.717) is 0 Å². The van der Waals surface area contributed by atoms with Crippen LogP contribution in [0.2, 0.25) is 5.02 Å². The summed E-state index contributed by atoms with van der Waals surface area (Å²) >= 11 is 6.00. The largest absolute Gasteiger partial charge is 0.394 e. The fourth-order valence-electron chi connectivity index (χ4n) is 2.28. The standard InChI is InChI=1S/C13H19ClN2O/c1-15-5-7-16(8-6-15)13(10-17)11-3-2-4-12(14)9-11/h2-4,9,13,17H,5-8,10H2,1H3. The second-order valence-electron chi connectivity index (χ2n) is 4.59. The van der Waals surface area contributed by atoms with Gasteiger partial charge in [0.2, 0.25) is 0 Å². The molecule has 94 valence electrons. The van der Waals surface area contributed by atoms with E-state index >= 15 is 0 Å². The lowest BCUT2D eigenvalue weighted by atomic mass is 10.1. The van der Waals surface area contributed by atoms with E-state index in [1.165, 1.54) is 0 Å². The molecule has 4 heteroatoms. The van der Waals surface area contributed by atoms with Crippen LogP contribution in [0.1, 0.15) is 11.6 Å². The van der Waals surface area contributed by atoms with Crippen molar-refractivity contribution in [2.45, 2.75) is 6.04 Å². The maximum Gasteiger partial charge on any atom is 0.0628 e. The summed E-state index contributed by atoms with van der Waals surface area (Å²) in [5, 5.41) is 10.3. The van der Waals surface area contributed by atoms with E-state index in [2.05, 4.69) is 16.8 Å². The third kappa shape index (κ3) is 3.19. The molecule has 1 aromatic carbocycles. The summed E-state index contributed by atoms with van der Waals surface area (Å²) in [5.41, 5.74) is 1.10. The molecule has 0 aromatic heterocycles. The normalized spacial score (nSPS) is 20.4. The van der Waals surface area contributed by atoms with E-state index in [9.17, 15) is 5.11 Å². The quantitative estimate of drug-likeness (QED) is 0.888. The molecule has 0 radical (unpaired) electrons. The minimum atomic E-state index is 0.0717.